The van der Waals surface area contributed by atoms with E-state index in [-0.39, 0.29) is 29.7 Å². The van der Waals surface area contributed by atoms with E-state index in [1.165, 1.54) is 30.5 Å². The summed E-state index contributed by atoms with van der Waals surface area (Å²) >= 11 is 0. The molecule has 0 amide bonds. The average molecular weight is 297 g/mol. The minimum absolute atomic E-state index is 0.00472. The summed E-state index contributed by atoms with van der Waals surface area (Å²) in [5.74, 6) is 0. The van der Waals surface area contributed by atoms with Crippen molar-refractivity contribution >= 4 is 22.3 Å². The first-order valence-corrected chi connectivity index (χ1v) is 6.21. The highest BCUT2D eigenvalue weighted by atomic mass is 19.4. The molecule has 0 bridgehead atoms. The van der Waals surface area contributed by atoms with Gasteiger partial charge in [-0.2, -0.15) is 13.2 Å². The molecule has 0 aliphatic heterocycles. The Hall–Kier alpha value is -2.38. The summed E-state index contributed by atoms with van der Waals surface area (Å²) in [4.78, 5) is 14.3. The summed E-state index contributed by atoms with van der Waals surface area (Å²) in [6.07, 6.45) is -3.00. The minimum atomic E-state index is -4.36. The van der Waals surface area contributed by atoms with Crippen LogP contribution in [0, 0.1) is 10.1 Å². The molecule has 1 aromatic heterocycles. The van der Waals surface area contributed by atoms with E-state index in [1.807, 2.05) is 0 Å². The summed E-state index contributed by atoms with van der Waals surface area (Å²) in [6.45, 7) is 0. The number of hydrogen-bond acceptors (Lipinski definition) is 4. The molecule has 1 aliphatic rings. The van der Waals surface area contributed by atoms with Crippen molar-refractivity contribution in [1.29, 1.82) is 0 Å². The van der Waals surface area contributed by atoms with Crippen LogP contribution in [0.4, 0.5) is 24.5 Å². The summed E-state index contributed by atoms with van der Waals surface area (Å²) in [5, 5.41) is 13.7. The number of non-ortho nitro benzene ring substituents is 1. The molecule has 0 saturated heterocycles. The normalized spacial score (nSPS) is 16.7. The third kappa shape index (κ3) is 2.16. The van der Waals surface area contributed by atoms with Gasteiger partial charge < -0.3 is 5.32 Å². The lowest BCUT2D eigenvalue weighted by molar-refractivity contribution is -0.383. The Balaban J connectivity index is 2.09. The van der Waals surface area contributed by atoms with Crippen LogP contribution in [0.25, 0.3) is 10.9 Å². The van der Waals surface area contributed by atoms with Crippen molar-refractivity contribution in [3.05, 3.63) is 40.6 Å². The highest BCUT2D eigenvalue weighted by Gasteiger charge is 2.63. The first-order chi connectivity index (χ1) is 9.84. The second kappa shape index (κ2) is 4.31. The van der Waals surface area contributed by atoms with Gasteiger partial charge in [-0.1, -0.05) is 0 Å². The molecule has 8 heteroatoms. The molecule has 1 fully saturated rings. The Labute approximate surface area is 116 Å². The Bertz CT molecular complexity index is 726. The molecule has 1 aliphatic carbocycles. The monoisotopic (exact) mass is 297 g/mol. The van der Waals surface area contributed by atoms with E-state index in [0.29, 0.717) is 5.39 Å². The van der Waals surface area contributed by atoms with E-state index < -0.39 is 16.6 Å². The molecule has 0 radical (unpaired) electrons. The number of anilines is 1. The molecular formula is C13H10F3N3O2. The van der Waals surface area contributed by atoms with Crippen LogP contribution in [-0.4, -0.2) is 21.6 Å². The van der Waals surface area contributed by atoms with Crippen LogP contribution in [0.5, 0.6) is 0 Å². The van der Waals surface area contributed by atoms with E-state index in [1.54, 1.807) is 0 Å². The zero-order chi connectivity index (χ0) is 15.3. The minimum Gasteiger partial charge on any atom is -0.371 e. The number of rotatable bonds is 3. The van der Waals surface area contributed by atoms with Crippen LogP contribution in [-0.2, 0) is 0 Å². The van der Waals surface area contributed by atoms with Gasteiger partial charge in [-0.05, 0) is 31.0 Å². The SMILES string of the molecule is O=[N+]([O-])c1ccc(NC2(C(F)(F)F)CC2)c2cccnc12. The van der Waals surface area contributed by atoms with Crippen molar-refractivity contribution in [2.24, 2.45) is 0 Å². The van der Waals surface area contributed by atoms with Gasteiger partial charge in [0, 0.05) is 23.3 Å². The highest BCUT2D eigenvalue weighted by Crippen LogP contribution is 2.51. The summed E-state index contributed by atoms with van der Waals surface area (Å²) in [5.41, 5.74) is -1.87. The Morgan fingerprint density at radius 1 is 1.29 bits per heavy atom. The summed E-state index contributed by atoms with van der Waals surface area (Å²) in [6, 6.07) is 5.52. The van der Waals surface area contributed by atoms with Crippen LogP contribution in [0.3, 0.4) is 0 Å². The number of fused-ring (bicyclic) bond motifs is 1. The molecule has 0 unspecified atom stereocenters. The largest absolute Gasteiger partial charge is 0.411 e. The molecule has 0 spiro atoms. The van der Waals surface area contributed by atoms with E-state index in [4.69, 9.17) is 0 Å². The number of halogens is 3. The standard InChI is InChI=1S/C13H10F3N3O2/c14-13(15,16)12(5-6-12)18-9-3-4-10(19(20)21)11-8(9)2-1-7-17-11/h1-4,7,18H,5-6H2. The molecular weight excluding hydrogens is 287 g/mol. The Morgan fingerprint density at radius 2 is 2.00 bits per heavy atom. The van der Waals surface area contributed by atoms with Gasteiger partial charge in [-0.25, -0.2) is 4.98 Å². The van der Waals surface area contributed by atoms with E-state index in [9.17, 15) is 23.3 Å². The van der Waals surface area contributed by atoms with Crippen molar-refractivity contribution in [1.82, 2.24) is 4.98 Å². The molecule has 2 aromatic rings. The van der Waals surface area contributed by atoms with Crippen LogP contribution < -0.4 is 5.32 Å². The van der Waals surface area contributed by atoms with E-state index in [0.717, 1.165) is 0 Å². The Morgan fingerprint density at radius 3 is 2.57 bits per heavy atom. The fourth-order valence-corrected chi connectivity index (χ4v) is 2.28. The van der Waals surface area contributed by atoms with Crippen molar-refractivity contribution in [2.45, 2.75) is 24.6 Å². The zero-order valence-electron chi connectivity index (χ0n) is 10.6. The number of alkyl halides is 3. The van der Waals surface area contributed by atoms with E-state index in [2.05, 4.69) is 10.3 Å². The second-order valence-corrected chi connectivity index (χ2v) is 4.99. The molecule has 0 atom stereocenters. The summed E-state index contributed by atoms with van der Waals surface area (Å²) < 4.78 is 39.0. The number of nitrogens with zero attached hydrogens (tertiary/aromatic N) is 2. The third-order valence-corrected chi connectivity index (χ3v) is 3.61. The molecule has 3 rings (SSSR count). The van der Waals surface area contributed by atoms with Crippen molar-refractivity contribution in [2.75, 3.05) is 5.32 Å². The number of nitrogens with one attached hydrogen (secondary N) is 1. The predicted octanol–water partition coefficient (Wildman–Crippen LogP) is 3.65. The molecule has 1 saturated carbocycles. The maximum atomic E-state index is 13.0. The topological polar surface area (TPSA) is 68.1 Å². The lowest BCUT2D eigenvalue weighted by Crippen LogP contribution is -2.38. The fraction of sp³-hybridized carbons (Fsp3) is 0.308. The van der Waals surface area contributed by atoms with Crippen LogP contribution >= 0.6 is 0 Å². The number of pyridine rings is 1. The first-order valence-electron chi connectivity index (χ1n) is 6.21. The van der Waals surface area contributed by atoms with Crippen LogP contribution in [0.15, 0.2) is 30.5 Å². The van der Waals surface area contributed by atoms with Crippen molar-refractivity contribution in [3.63, 3.8) is 0 Å². The third-order valence-electron chi connectivity index (χ3n) is 3.61. The van der Waals surface area contributed by atoms with Crippen molar-refractivity contribution < 1.29 is 18.1 Å². The number of aromatic nitrogens is 1. The van der Waals surface area contributed by atoms with Gasteiger partial charge in [0.05, 0.1) is 4.92 Å². The first kappa shape index (κ1) is 13.6. The van der Waals surface area contributed by atoms with Gasteiger partial charge in [0.1, 0.15) is 11.1 Å². The van der Waals surface area contributed by atoms with Gasteiger partial charge in [0.15, 0.2) is 0 Å². The van der Waals surface area contributed by atoms with E-state index >= 15 is 0 Å². The molecule has 1 N–H and O–H groups in total. The second-order valence-electron chi connectivity index (χ2n) is 4.99. The van der Waals surface area contributed by atoms with Crippen LogP contribution in [0.1, 0.15) is 12.8 Å². The summed E-state index contributed by atoms with van der Waals surface area (Å²) in [7, 11) is 0. The van der Waals surface area contributed by atoms with Gasteiger partial charge >= 0.3 is 6.18 Å². The Kier molecular flexibility index (Phi) is 2.79. The number of nitro groups is 1. The number of benzene rings is 1. The maximum Gasteiger partial charge on any atom is 0.411 e. The highest BCUT2D eigenvalue weighted by molar-refractivity contribution is 5.97. The quantitative estimate of drug-likeness (QED) is 0.693. The van der Waals surface area contributed by atoms with Gasteiger partial charge in [0.2, 0.25) is 0 Å². The molecule has 110 valence electrons. The molecule has 5 nitrogen and oxygen atoms in total. The van der Waals surface area contributed by atoms with Crippen LogP contribution in [0.2, 0.25) is 0 Å². The molecule has 21 heavy (non-hydrogen) atoms. The van der Waals surface area contributed by atoms with Gasteiger partial charge in [-0.3, -0.25) is 10.1 Å². The van der Waals surface area contributed by atoms with Gasteiger partial charge in [0.25, 0.3) is 5.69 Å². The fourth-order valence-electron chi connectivity index (χ4n) is 2.28. The zero-order valence-corrected chi connectivity index (χ0v) is 10.6. The number of hydrogen-bond donors (Lipinski definition) is 1. The van der Waals surface area contributed by atoms with Gasteiger partial charge in [-0.15, -0.1) is 0 Å². The molecule has 1 aromatic carbocycles. The number of nitro benzene ring substituents is 1. The average Bonchev–Trinajstić information content (AvgIpc) is 3.19. The lowest BCUT2D eigenvalue weighted by Gasteiger charge is -2.22. The smallest absolute Gasteiger partial charge is 0.371 e. The van der Waals surface area contributed by atoms with Crippen molar-refractivity contribution in [3.8, 4) is 0 Å². The lowest BCUT2D eigenvalue weighted by atomic mass is 10.1. The molecule has 1 heterocycles. The maximum absolute atomic E-state index is 13.0. The predicted molar refractivity (Wildman–Crippen MR) is 70.0 cm³/mol.